The van der Waals surface area contributed by atoms with Crippen molar-refractivity contribution in [1.82, 2.24) is 9.55 Å². The molecule has 1 aromatic carbocycles. The molecule has 2 aromatic rings. The Morgan fingerprint density at radius 2 is 2.05 bits per heavy atom. The Morgan fingerprint density at radius 1 is 1.35 bits per heavy atom. The van der Waals surface area contributed by atoms with Crippen LogP contribution in [0, 0.1) is 0 Å². The Hall–Kier alpha value is -1.69. The minimum absolute atomic E-state index is 0.225. The molecule has 2 rings (SSSR count). The van der Waals surface area contributed by atoms with Crippen LogP contribution in [0.2, 0.25) is 5.02 Å². The monoisotopic (exact) mass is 303 g/mol. The number of halogens is 4. The summed E-state index contributed by atoms with van der Waals surface area (Å²) >= 11 is 5.58. The van der Waals surface area contributed by atoms with Crippen LogP contribution in [0.4, 0.5) is 18.9 Å². The van der Waals surface area contributed by atoms with Crippen molar-refractivity contribution in [2.24, 2.45) is 7.05 Å². The van der Waals surface area contributed by atoms with Gasteiger partial charge in [0.05, 0.1) is 16.6 Å². The SMILES string of the molecule is CC(Nc1ccc(Cl)c(C(F)(F)F)c1)c1nccn1C. The van der Waals surface area contributed by atoms with Crippen LogP contribution in [0.15, 0.2) is 30.6 Å². The molecular weight excluding hydrogens is 291 g/mol. The number of aryl methyl sites for hydroxylation is 1. The molecule has 0 fully saturated rings. The van der Waals surface area contributed by atoms with Gasteiger partial charge in [-0.25, -0.2) is 4.98 Å². The van der Waals surface area contributed by atoms with Crippen LogP contribution in [0.3, 0.4) is 0 Å². The van der Waals surface area contributed by atoms with E-state index in [4.69, 9.17) is 11.6 Å². The Morgan fingerprint density at radius 3 is 2.60 bits per heavy atom. The molecule has 1 atom stereocenters. The molecular formula is C13H13ClF3N3. The summed E-state index contributed by atoms with van der Waals surface area (Å²) in [5.41, 5.74) is -0.506. The highest BCUT2D eigenvalue weighted by Gasteiger charge is 2.33. The summed E-state index contributed by atoms with van der Waals surface area (Å²) in [7, 11) is 1.82. The van der Waals surface area contributed by atoms with Gasteiger partial charge in [0.1, 0.15) is 5.82 Å². The first-order chi connectivity index (χ1) is 9.29. The van der Waals surface area contributed by atoms with Crippen LogP contribution in [-0.2, 0) is 13.2 Å². The van der Waals surface area contributed by atoms with Crippen LogP contribution >= 0.6 is 11.6 Å². The summed E-state index contributed by atoms with van der Waals surface area (Å²) < 4.78 is 40.1. The number of nitrogens with zero attached hydrogens (tertiary/aromatic N) is 2. The van der Waals surface area contributed by atoms with E-state index >= 15 is 0 Å². The molecule has 1 aromatic heterocycles. The van der Waals surface area contributed by atoms with Crippen molar-refractivity contribution in [3.05, 3.63) is 47.0 Å². The molecule has 7 heteroatoms. The van der Waals surface area contributed by atoms with Gasteiger partial charge in [0, 0.05) is 25.1 Å². The third-order valence-corrected chi connectivity index (χ3v) is 3.23. The number of hydrogen-bond donors (Lipinski definition) is 1. The zero-order valence-electron chi connectivity index (χ0n) is 10.9. The standard InChI is InChI=1S/C13H13ClF3N3/c1-8(12-18-5-6-20(12)2)19-9-3-4-11(14)10(7-9)13(15,16)17/h3-8,19H,1-2H3. The summed E-state index contributed by atoms with van der Waals surface area (Å²) in [4.78, 5) is 4.15. The van der Waals surface area contributed by atoms with Crippen molar-refractivity contribution in [2.45, 2.75) is 19.1 Å². The number of anilines is 1. The summed E-state index contributed by atoms with van der Waals surface area (Å²) in [6, 6.07) is 3.52. The second kappa shape index (κ2) is 5.36. The first-order valence-electron chi connectivity index (χ1n) is 5.89. The predicted octanol–water partition coefficient (Wildman–Crippen LogP) is 4.27. The smallest absolute Gasteiger partial charge is 0.375 e. The van der Waals surface area contributed by atoms with E-state index in [0.29, 0.717) is 5.69 Å². The van der Waals surface area contributed by atoms with E-state index in [1.165, 1.54) is 12.1 Å². The third-order valence-electron chi connectivity index (χ3n) is 2.90. The number of nitrogens with one attached hydrogen (secondary N) is 1. The normalized spacial score (nSPS) is 13.3. The first-order valence-corrected chi connectivity index (χ1v) is 6.27. The Kier molecular flexibility index (Phi) is 3.94. The van der Waals surface area contributed by atoms with E-state index in [1.54, 1.807) is 17.0 Å². The zero-order valence-corrected chi connectivity index (χ0v) is 11.6. The van der Waals surface area contributed by atoms with Gasteiger partial charge in [-0.1, -0.05) is 11.6 Å². The fourth-order valence-electron chi connectivity index (χ4n) is 1.94. The average molecular weight is 304 g/mol. The number of rotatable bonds is 3. The van der Waals surface area contributed by atoms with Crippen molar-refractivity contribution in [3.8, 4) is 0 Å². The van der Waals surface area contributed by atoms with Gasteiger partial charge in [-0.3, -0.25) is 0 Å². The topological polar surface area (TPSA) is 29.9 Å². The van der Waals surface area contributed by atoms with Gasteiger partial charge in [0.15, 0.2) is 0 Å². The molecule has 3 nitrogen and oxygen atoms in total. The molecule has 0 aliphatic heterocycles. The van der Waals surface area contributed by atoms with Gasteiger partial charge in [0.2, 0.25) is 0 Å². The van der Waals surface area contributed by atoms with Crippen LogP contribution in [0.1, 0.15) is 24.4 Å². The number of benzene rings is 1. The maximum atomic E-state index is 12.8. The molecule has 0 aliphatic rings. The number of alkyl halides is 3. The summed E-state index contributed by atoms with van der Waals surface area (Å²) in [5.74, 6) is 0.730. The fourth-order valence-corrected chi connectivity index (χ4v) is 2.17. The van der Waals surface area contributed by atoms with Crippen molar-refractivity contribution < 1.29 is 13.2 Å². The summed E-state index contributed by atoms with van der Waals surface area (Å²) in [5, 5.41) is 2.67. The van der Waals surface area contributed by atoms with E-state index in [9.17, 15) is 13.2 Å². The van der Waals surface area contributed by atoms with E-state index in [1.807, 2.05) is 14.0 Å². The molecule has 20 heavy (non-hydrogen) atoms. The number of hydrogen-bond acceptors (Lipinski definition) is 2. The predicted molar refractivity (Wildman–Crippen MR) is 71.7 cm³/mol. The van der Waals surface area contributed by atoms with E-state index < -0.39 is 11.7 Å². The quantitative estimate of drug-likeness (QED) is 0.918. The lowest BCUT2D eigenvalue weighted by Gasteiger charge is -2.17. The van der Waals surface area contributed by atoms with Crippen LogP contribution in [-0.4, -0.2) is 9.55 Å². The molecule has 0 radical (unpaired) electrons. The van der Waals surface area contributed by atoms with E-state index in [0.717, 1.165) is 11.9 Å². The van der Waals surface area contributed by atoms with Crippen LogP contribution in [0.25, 0.3) is 0 Å². The van der Waals surface area contributed by atoms with Gasteiger partial charge >= 0.3 is 6.18 Å². The number of aromatic nitrogens is 2. The summed E-state index contributed by atoms with van der Waals surface area (Å²) in [6.45, 7) is 1.82. The highest BCUT2D eigenvalue weighted by Crippen LogP contribution is 2.36. The lowest BCUT2D eigenvalue weighted by molar-refractivity contribution is -0.137. The molecule has 1 N–H and O–H groups in total. The average Bonchev–Trinajstić information content (AvgIpc) is 2.76. The highest BCUT2D eigenvalue weighted by atomic mass is 35.5. The van der Waals surface area contributed by atoms with Crippen molar-refractivity contribution in [1.29, 1.82) is 0 Å². The van der Waals surface area contributed by atoms with Crippen molar-refractivity contribution in [3.63, 3.8) is 0 Å². The second-order valence-electron chi connectivity index (χ2n) is 4.45. The second-order valence-corrected chi connectivity index (χ2v) is 4.86. The molecule has 0 amide bonds. The van der Waals surface area contributed by atoms with Crippen LogP contribution in [0.5, 0.6) is 0 Å². The van der Waals surface area contributed by atoms with Crippen molar-refractivity contribution in [2.75, 3.05) is 5.32 Å². The molecule has 0 spiro atoms. The fraction of sp³-hybridized carbons (Fsp3) is 0.308. The summed E-state index contributed by atoms with van der Waals surface area (Å²) in [6.07, 6.45) is -1.06. The molecule has 0 saturated carbocycles. The lowest BCUT2D eigenvalue weighted by Crippen LogP contribution is -2.13. The minimum atomic E-state index is -4.47. The van der Waals surface area contributed by atoms with E-state index in [-0.39, 0.29) is 11.1 Å². The van der Waals surface area contributed by atoms with Gasteiger partial charge in [0.25, 0.3) is 0 Å². The maximum Gasteiger partial charge on any atom is 0.417 e. The number of imidazole rings is 1. The Labute approximate surface area is 119 Å². The third kappa shape index (κ3) is 3.07. The molecule has 1 heterocycles. The van der Waals surface area contributed by atoms with Crippen LogP contribution < -0.4 is 5.32 Å². The minimum Gasteiger partial charge on any atom is -0.375 e. The first kappa shape index (κ1) is 14.7. The largest absolute Gasteiger partial charge is 0.417 e. The molecule has 108 valence electrons. The molecule has 1 unspecified atom stereocenters. The molecule has 0 bridgehead atoms. The maximum absolute atomic E-state index is 12.8. The zero-order chi connectivity index (χ0) is 14.9. The van der Waals surface area contributed by atoms with Crippen molar-refractivity contribution >= 4 is 17.3 Å². The Balaban J connectivity index is 2.25. The van der Waals surface area contributed by atoms with Gasteiger partial charge in [-0.05, 0) is 25.1 Å². The van der Waals surface area contributed by atoms with Gasteiger partial charge in [-0.2, -0.15) is 13.2 Å². The Bertz CT molecular complexity index is 607. The van der Waals surface area contributed by atoms with Gasteiger partial charge < -0.3 is 9.88 Å². The van der Waals surface area contributed by atoms with E-state index in [2.05, 4.69) is 10.3 Å². The molecule has 0 saturated heterocycles. The highest BCUT2D eigenvalue weighted by molar-refractivity contribution is 6.31. The van der Waals surface area contributed by atoms with Gasteiger partial charge in [-0.15, -0.1) is 0 Å². The lowest BCUT2D eigenvalue weighted by atomic mass is 10.1. The molecule has 0 aliphatic carbocycles.